The quantitative estimate of drug-likeness (QED) is 0.652. The van der Waals surface area contributed by atoms with Crippen LogP contribution in [0.25, 0.3) is 0 Å². The monoisotopic (exact) mass is 197 g/mol. The molecular formula is C8H11N3O3. The summed E-state index contributed by atoms with van der Waals surface area (Å²) < 4.78 is 0. The van der Waals surface area contributed by atoms with Crippen LogP contribution >= 0.6 is 0 Å². The number of aryl methyl sites for hydroxylation is 1. The molecule has 1 aromatic heterocycles. The van der Waals surface area contributed by atoms with Gasteiger partial charge in [-0.05, 0) is 6.42 Å². The maximum absolute atomic E-state index is 10.2. The molecule has 0 aliphatic rings. The second-order valence-corrected chi connectivity index (χ2v) is 2.65. The number of nitrogens with one attached hydrogen (secondary N) is 1. The molecule has 1 amide bonds. The van der Waals surface area contributed by atoms with E-state index in [9.17, 15) is 4.79 Å². The van der Waals surface area contributed by atoms with Crippen LogP contribution in [0.4, 0.5) is 10.5 Å². The molecule has 14 heavy (non-hydrogen) atoms. The number of aliphatic hydroxyl groups excluding tert-OH is 1. The average molecular weight is 197 g/mol. The van der Waals surface area contributed by atoms with E-state index in [-0.39, 0.29) is 6.61 Å². The van der Waals surface area contributed by atoms with Crippen molar-refractivity contribution in [3.63, 3.8) is 0 Å². The van der Waals surface area contributed by atoms with Crippen molar-refractivity contribution in [3.8, 4) is 0 Å². The van der Waals surface area contributed by atoms with Gasteiger partial charge in [-0.1, -0.05) is 0 Å². The van der Waals surface area contributed by atoms with Gasteiger partial charge in [-0.2, -0.15) is 0 Å². The van der Waals surface area contributed by atoms with Gasteiger partial charge in [-0.3, -0.25) is 5.32 Å². The molecule has 1 rings (SSSR count). The number of amides is 1. The van der Waals surface area contributed by atoms with Crippen molar-refractivity contribution in [2.24, 2.45) is 0 Å². The molecule has 6 nitrogen and oxygen atoms in total. The molecule has 0 spiro atoms. The largest absolute Gasteiger partial charge is 0.465 e. The van der Waals surface area contributed by atoms with Crippen molar-refractivity contribution >= 4 is 11.8 Å². The summed E-state index contributed by atoms with van der Waals surface area (Å²) in [5, 5.41) is 19.1. The normalized spacial score (nSPS) is 9.79. The summed E-state index contributed by atoms with van der Waals surface area (Å²) in [5.74, 6) is 0.593. The first-order valence-corrected chi connectivity index (χ1v) is 4.14. The van der Waals surface area contributed by atoms with Gasteiger partial charge in [0, 0.05) is 13.0 Å². The first-order valence-electron chi connectivity index (χ1n) is 4.14. The highest BCUT2D eigenvalue weighted by Crippen LogP contribution is 2.03. The third kappa shape index (κ3) is 3.36. The van der Waals surface area contributed by atoms with Crippen LogP contribution in [0.3, 0.4) is 0 Å². The number of carboxylic acid groups (broad SMARTS) is 1. The van der Waals surface area contributed by atoms with Crippen molar-refractivity contribution in [1.82, 2.24) is 9.97 Å². The van der Waals surface area contributed by atoms with Crippen LogP contribution in [0.5, 0.6) is 0 Å². The predicted molar refractivity (Wildman–Crippen MR) is 49.1 cm³/mol. The summed E-state index contributed by atoms with van der Waals surface area (Å²) in [4.78, 5) is 18.1. The van der Waals surface area contributed by atoms with Crippen molar-refractivity contribution in [2.75, 3.05) is 11.9 Å². The van der Waals surface area contributed by atoms with E-state index in [4.69, 9.17) is 10.2 Å². The number of carbonyl (C=O) groups is 1. The van der Waals surface area contributed by atoms with E-state index in [2.05, 4.69) is 15.3 Å². The third-order valence-corrected chi connectivity index (χ3v) is 1.52. The van der Waals surface area contributed by atoms with Gasteiger partial charge >= 0.3 is 6.09 Å². The molecule has 0 saturated heterocycles. The van der Waals surface area contributed by atoms with Gasteiger partial charge in [-0.25, -0.2) is 14.8 Å². The maximum Gasteiger partial charge on any atom is 0.409 e. The SMILES string of the molecule is O=C(O)Nc1cnc(CCCO)nc1. The first-order chi connectivity index (χ1) is 6.72. The lowest BCUT2D eigenvalue weighted by atomic mass is 10.3. The lowest BCUT2D eigenvalue weighted by Crippen LogP contribution is -2.08. The summed E-state index contributed by atoms with van der Waals surface area (Å²) in [7, 11) is 0. The third-order valence-electron chi connectivity index (χ3n) is 1.52. The molecule has 0 radical (unpaired) electrons. The number of hydrogen-bond donors (Lipinski definition) is 3. The van der Waals surface area contributed by atoms with E-state index in [1.54, 1.807) is 0 Å². The van der Waals surface area contributed by atoms with E-state index >= 15 is 0 Å². The topological polar surface area (TPSA) is 95.3 Å². The fraction of sp³-hybridized carbons (Fsp3) is 0.375. The van der Waals surface area contributed by atoms with Crippen molar-refractivity contribution in [1.29, 1.82) is 0 Å². The Labute approximate surface area is 80.6 Å². The minimum absolute atomic E-state index is 0.0957. The molecule has 0 fully saturated rings. The highest BCUT2D eigenvalue weighted by atomic mass is 16.4. The van der Waals surface area contributed by atoms with Crippen molar-refractivity contribution in [2.45, 2.75) is 12.8 Å². The summed E-state index contributed by atoms with van der Waals surface area (Å²) in [5.41, 5.74) is 0.338. The lowest BCUT2D eigenvalue weighted by molar-refractivity contribution is 0.209. The zero-order valence-electron chi connectivity index (χ0n) is 7.47. The molecule has 0 aliphatic heterocycles. The Bertz CT molecular complexity index is 299. The number of nitrogens with zero attached hydrogens (tertiary/aromatic N) is 2. The molecule has 0 saturated carbocycles. The van der Waals surface area contributed by atoms with E-state index in [0.717, 1.165) is 0 Å². The number of anilines is 1. The maximum atomic E-state index is 10.2. The molecule has 76 valence electrons. The summed E-state index contributed by atoms with van der Waals surface area (Å²) in [6.07, 6.45) is 2.84. The average Bonchev–Trinajstić information content (AvgIpc) is 2.16. The Hall–Kier alpha value is -1.69. The number of aromatic nitrogens is 2. The highest BCUT2D eigenvalue weighted by Gasteiger charge is 1.99. The van der Waals surface area contributed by atoms with Gasteiger partial charge < -0.3 is 10.2 Å². The van der Waals surface area contributed by atoms with Crippen molar-refractivity contribution in [3.05, 3.63) is 18.2 Å². The second-order valence-electron chi connectivity index (χ2n) is 2.65. The molecule has 0 bridgehead atoms. The Morgan fingerprint density at radius 1 is 1.43 bits per heavy atom. The van der Waals surface area contributed by atoms with Gasteiger partial charge in [0.1, 0.15) is 5.82 Å². The van der Waals surface area contributed by atoms with Crippen LogP contribution in [0.15, 0.2) is 12.4 Å². The molecule has 6 heteroatoms. The molecule has 0 atom stereocenters. The molecule has 0 unspecified atom stereocenters. The van der Waals surface area contributed by atoms with Crippen LogP contribution in [-0.2, 0) is 6.42 Å². The summed E-state index contributed by atoms with van der Waals surface area (Å²) >= 11 is 0. The Balaban J connectivity index is 2.54. The van der Waals surface area contributed by atoms with Crippen LogP contribution in [0, 0.1) is 0 Å². The van der Waals surface area contributed by atoms with E-state index in [0.29, 0.717) is 24.4 Å². The standard InChI is InChI=1S/C8H11N3O3/c12-3-1-2-7-9-4-6(5-10-7)11-8(13)14/h4-5,11-12H,1-3H2,(H,13,14). The number of hydrogen-bond acceptors (Lipinski definition) is 4. The summed E-state index contributed by atoms with van der Waals surface area (Å²) in [6, 6.07) is 0. The van der Waals surface area contributed by atoms with Gasteiger partial charge in [0.05, 0.1) is 18.1 Å². The van der Waals surface area contributed by atoms with E-state index in [1.165, 1.54) is 12.4 Å². The van der Waals surface area contributed by atoms with E-state index in [1.807, 2.05) is 0 Å². The first kappa shape index (κ1) is 10.4. The molecular weight excluding hydrogens is 186 g/mol. The molecule has 3 N–H and O–H groups in total. The highest BCUT2D eigenvalue weighted by molar-refractivity contribution is 5.82. The summed E-state index contributed by atoms with van der Waals surface area (Å²) in [6.45, 7) is 0.0957. The predicted octanol–water partition coefficient (Wildman–Crippen LogP) is 0.491. The van der Waals surface area contributed by atoms with Gasteiger partial charge in [-0.15, -0.1) is 0 Å². The van der Waals surface area contributed by atoms with Crippen LogP contribution < -0.4 is 5.32 Å². The van der Waals surface area contributed by atoms with E-state index < -0.39 is 6.09 Å². The second kappa shape index (κ2) is 5.13. The smallest absolute Gasteiger partial charge is 0.409 e. The zero-order valence-corrected chi connectivity index (χ0v) is 7.47. The lowest BCUT2D eigenvalue weighted by Gasteiger charge is -2.00. The Kier molecular flexibility index (Phi) is 3.81. The number of rotatable bonds is 4. The Morgan fingerprint density at radius 3 is 2.57 bits per heavy atom. The molecule has 0 aromatic carbocycles. The van der Waals surface area contributed by atoms with Crippen molar-refractivity contribution < 1.29 is 15.0 Å². The van der Waals surface area contributed by atoms with Gasteiger partial charge in [0.25, 0.3) is 0 Å². The van der Waals surface area contributed by atoms with Gasteiger partial charge in [0.2, 0.25) is 0 Å². The van der Waals surface area contributed by atoms with Crippen LogP contribution in [-0.4, -0.2) is 32.9 Å². The van der Waals surface area contributed by atoms with Gasteiger partial charge in [0.15, 0.2) is 0 Å². The number of aliphatic hydroxyl groups is 1. The van der Waals surface area contributed by atoms with Crippen LogP contribution in [0.2, 0.25) is 0 Å². The zero-order chi connectivity index (χ0) is 10.4. The minimum atomic E-state index is -1.14. The Morgan fingerprint density at radius 2 is 2.07 bits per heavy atom. The fourth-order valence-electron chi connectivity index (χ4n) is 0.909. The molecule has 1 heterocycles. The molecule has 1 aromatic rings. The van der Waals surface area contributed by atoms with Crippen LogP contribution in [0.1, 0.15) is 12.2 Å². The molecule has 0 aliphatic carbocycles. The fourth-order valence-corrected chi connectivity index (χ4v) is 0.909. The minimum Gasteiger partial charge on any atom is -0.465 e.